The average Bonchev–Trinajstić information content (AvgIpc) is 3.51. The second-order valence-electron chi connectivity index (χ2n) is 14.7. The van der Waals surface area contributed by atoms with Crippen molar-refractivity contribution in [2.75, 3.05) is 0 Å². The zero-order chi connectivity index (χ0) is 32.4. The predicted octanol–water partition coefficient (Wildman–Crippen LogP) is 9.40. The van der Waals surface area contributed by atoms with Gasteiger partial charge in [-0.15, -0.1) is 0 Å². The molecule has 3 rings (SSSR count). The normalized spacial score (nSPS) is 12.2. The van der Waals surface area contributed by atoms with Crippen molar-refractivity contribution < 1.29 is 13.1 Å². The third kappa shape index (κ3) is 12.2. The van der Waals surface area contributed by atoms with Crippen LogP contribution < -0.4 is 0 Å². The third-order valence-corrected chi connectivity index (χ3v) is 6.95. The molecule has 3 aromatic rings. The first-order valence-corrected chi connectivity index (χ1v) is 19.5. The second-order valence-corrected chi connectivity index (χ2v) is 16.7. The minimum atomic E-state index is -0.265. The number of hydrogen-bond acceptors (Lipinski definition) is 3. The number of hydrogen-bond donors (Lipinski definition) is 0. The van der Waals surface area contributed by atoms with Crippen LogP contribution in [-0.2, 0) is 51.7 Å². The molecule has 0 N–H and O–H groups in total. The Morgan fingerprint density at radius 1 is 0.465 bits per heavy atom. The summed E-state index contributed by atoms with van der Waals surface area (Å²) in [4.78, 5) is 0. The summed E-state index contributed by atoms with van der Waals surface area (Å²) in [5.74, 6) is 3.22. The first-order chi connectivity index (χ1) is 20.1. The molecular weight excluding hydrogens is 618 g/mol. The van der Waals surface area contributed by atoms with Crippen LogP contribution in [0.5, 0.6) is 0 Å². The first-order valence-electron chi connectivity index (χ1n) is 16.2. The van der Waals surface area contributed by atoms with Crippen molar-refractivity contribution in [2.24, 2.45) is 35.5 Å². The SMILES string of the molecule is CC(C)Cc1cc(CC(C)C)n(C(n2nc(CC(C)C)cc2CC(C)C)n2nc(CC(C)C)cc2CC(C)C)n1.[Cl][Mn][Cl]. The van der Waals surface area contributed by atoms with E-state index >= 15 is 0 Å². The van der Waals surface area contributed by atoms with Crippen LogP contribution in [-0.4, -0.2) is 29.3 Å². The Morgan fingerprint density at radius 2 is 0.674 bits per heavy atom. The molecule has 0 aliphatic heterocycles. The maximum atomic E-state index is 5.33. The van der Waals surface area contributed by atoms with Crippen LogP contribution in [0.2, 0.25) is 0 Å². The summed E-state index contributed by atoms with van der Waals surface area (Å²) in [6, 6.07) is 7.02. The van der Waals surface area contributed by atoms with Crippen molar-refractivity contribution in [1.29, 1.82) is 0 Å². The van der Waals surface area contributed by atoms with Gasteiger partial charge in [-0.05, 0) is 92.2 Å². The number of rotatable bonds is 15. The van der Waals surface area contributed by atoms with E-state index in [9.17, 15) is 0 Å². The number of nitrogens with zero attached hydrogens (tertiary/aromatic N) is 6. The van der Waals surface area contributed by atoms with Gasteiger partial charge in [0, 0.05) is 17.1 Å². The van der Waals surface area contributed by atoms with Crippen molar-refractivity contribution in [3.05, 3.63) is 52.4 Å². The summed E-state index contributed by atoms with van der Waals surface area (Å²) in [6.07, 6.45) is 5.56. The van der Waals surface area contributed by atoms with Crippen LogP contribution in [0.3, 0.4) is 0 Å². The Labute approximate surface area is 277 Å². The van der Waals surface area contributed by atoms with Crippen molar-refractivity contribution in [3.63, 3.8) is 0 Å². The fraction of sp³-hybridized carbons (Fsp3) is 0.735. The molecule has 0 radical (unpaired) electrons. The van der Waals surface area contributed by atoms with Gasteiger partial charge in [0.1, 0.15) is 0 Å². The summed E-state index contributed by atoms with van der Waals surface area (Å²) in [7, 11) is 9.59. The van der Waals surface area contributed by atoms with Gasteiger partial charge in [0.05, 0.1) is 17.1 Å². The number of halogens is 2. The molecule has 0 fully saturated rings. The monoisotopic (exact) mass is 675 g/mol. The quantitative estimate of drug-likeness (QED) is 0.151. The molecular formula is C34H58Cl2MnN6. The minimum absolute atomic E-state index is 0.00694. The molecule has 3 aromatic heterocycles. The van der Waals surface area contributed by atoms with E-state index in [-0.39, 0.29) is 19.4 Å². The molecule has 3 heterocycles. The van der Waals surface area contributed by atoms with Crippen LogP contribution in [0.1, 0.15) is 124 Å². The average molecular weight is 677 g/mol. The van der Waals surface area contributed by atoms with E-state index < -0.39 is 0 Å². The predicted molar refractivity (Wildman–Crippen MR) is 179 cm³/mol. The van der Waals surface area contributed by atoms with Crippen molar-refractivity contribution in [2.45, 2.75) is 128 Å². The van der Waals surface area contributed by atoms with E-state index in [0.717, 1.165) is 55.6 Å². The van der Waals surface area contributed by atoms with E-state index in [1.807, 2.05) is 0 Å². The molecule has 0 unspecified atom stereocenters. The molecule has 0 aromatic carbocycles. The molecule has 6 nitrogen and oxygen atoms in total. The van der Waals surface area contributed by atoms with Crippen LogP contribution in [0, 0.1) is 35.5 Å². The molecule has 0 spiro atoms. The van der Waals surface area contributed by atoms with Crippen LogP contribution in [0.15, 0.2) is 18.2 Å². The molecule has 0 aliphatic rings. The Kier molecular flexibility index (Phi) is 15.9. The molecule has 245 valence electrons. The van der Waals surface area contributed by atoms with Gasteiger partial charge in [-0.2, -0.15) is 15.3 Å². The molecule has 0 saturated heterocycles. The summed E-state index contributed by atoms with van der Waals surface area (Å²) < 4.78 is 6.80. The fourth-order valence-corrected chi connectivity index (χ4v) is 5.65. The molecule has 0 bridgehead atoms. The topological polar surface area (TPSA) is 53.5 Å². The van der Waals surface area contributed by atoms with E-state index in [1.54, 1.807) is 0 Å². The van der Waals surface area contributed by atoms with E-state index in [1.165, 1.54) is 17.1 Å². The Morgan fingerprint density at radius 3 is 0.860 bits per heavy atom. The molecule has 43 heavy (non-hydrogen) atoms. The van der Waals surface area contributed by atoms with Gasteiger partial charge in [-0.3, -0.25) is 0 Å². The summed E-state index contributed by atoms with van der Waals surface area (Å²) in [6.45, 7) is 27.4. The molecule has 0 amide bonds. The first kappa shape index (κ1) is 37.9. The van der Waals surface area contributed by atoms with E-state index in [4.69, 9.17) is 35.5 Å². The summed E-state index contributed by atoms with van der Waals surface area (Å²) in [5.41, 5.74) is 7.29. The van der Waals surface area contributed by atoms with Crippen molar-refractivity contribution in [3.8, 4) is 0 Å². The second kappa shape index (κ2) is 18.0. The fourth-order valence-electron chi connectivity index (χ4n) is 5.65. The Balaban J connectivity index is 0.00000206. The van der Waals surface area contributed by atoms with Gasteiger partial charge in [0.25, 0.3) is 0 Å². The molecule has 0 atom stereocenters. The van der Waals surface area contributed by atoms with Gasteiger partial charge in [0.15, 0.2) is 0 Å². The Bertz CT molecular complexity index is 1070. The molecule has 0 aliphatic carbocycles. The van der Waals surface area contributed by atoms with Crippen LogP contribution >= 0.6 is 20.2 Å². The van der Waals surface area contributed by atoms with Gasteiger partial charge in [-0.1, -0.05) is 83.1 Å². The molecule has 0 saturated carbocycles. The number of aromatic nitrogens is 6. The van der Waals surface area contributed by atoms with Gasteiger partial charge in [0.2, 0.25) is 6.29 Å². The van der Waals surface area contributed by atoms with Crippen molar-refractivity contribution in [1.82, 2.24) is 29.3 Å². The van der Waals surface area contributed by atoms with Gasteiger partial charge in [-0.25, -0.2) is 14.0 Å². The maximum absolute atomic E-state index is 5.33. The van der Waals surface area contributed by atoms with Crippen LogP contribution in [0.25, 0.3) is 0 Å². The summed E-state index contributed by atoms with van der Waals surface area (Å²) in [5, 5.41) is 16.0. The van der Waals surface area contributed by atoms with Crippen molar-refractivity contribution >= 4 is 20.2 Å². The van der Waals surface area contributed by atoms with Gasteiger partial charge < -0.3 is 0 Å². The zero-order valence-corrected chi connectivity index (χ0v) is 31.5. The third-order valence-electron chi connectivity index (χ3n) is 6.95. The zero-order valence-electron chi connectivity index (χ0n) is 28.8. The van der Waals surface area contributed by atoms with E-state index in [0.29, 0.717) is 35.5 Å². The summed E-state index contributed by atoms with van der Waals surface area (Å²) >= 11 is 0.00694. The van der Waals surface area contributed by atoms with Crippen LogP contribution in [0.4, 0.5) is 0 Å². The standard InChI is InChI=1S/C34H58N6.2ClH.Mn/c1-22(2)13-28-19-31(16-25(7)8)38(35-28)34(39-32(17-26(9)10)20-29(36-39)14-23(3)4)40-33(18-27(11)12)21-30(37-40)15-24(5)6;;;/h19-27,34H,13-18H2,1-12H3;2*1H;/q;;;+2/p-2. The van der Waals surface area contributed by atoms with Gasteiger partial charge >= 0.3 is 33.3 Å². The molecule has 9 heteroatoms. The van der Waals surface area contributed by atoms with E-state index in [2.05, 4.69) is 115 Å². The Hall–Kier alpha value is -1.27.